The minimum atomic E-state index is 0.444. The van der Waals surface area contributed by atoms with Crippen molar-refractivity contribution in [2.45, 2.75) is 45.4 Å². The second-order valence-electron chi connectivity index (χ2n) is 5.95. The summed E-state index contributed by atoms with van der Waals surface area (Å²) in [5.74, 6) is 0.444. The Morgan fingerprint density at radius 2 is 1.57 bits per heavy atom. The maximum atomic E-state index is 2.37. The number of rotatable bonds is 5. The molecular formula is C21H24. The maximum Gasteiger partial charge on any atom is 0.0281 e. The molecule has 1 unspecified atom stereocenters. The van der Waals surface area contributed by atoms with Gasteiger partial charge in [0.05, 0.1) is 0 Å². The number of aryl methyl sites for hydroxylation is 1. The van der Waals surface area contributed by atoms with Gasteiger partial charge in [0.2, 0.25) is 0 Å². The van der Waals surface area contributed by atoms with Crippen molar-refractivity contribution in [1.82, 2.24) is 0 Å². The van der Waals surface area contributed by atoms with Crippen molar-refractivity contribution in [3.05, 3.63) is 76.4 Å². The second-order valence-corrected chi connectivity index (χ2v) is 5.95. The van der Waals surface area contributed by atoms with E-state index in [0.29, 0.717) is 5.92 Å². The molecular weight excluding hydrogens is 252 g/mol. The van der Waals surface area contributed by atoms with Crippen LogP contribution in [-0.2, 0) is 12.8 Å². The van der Waals surface area contributed by atoms with E-state index in [2.05, 4.69) is 68.5 Å². The molecule has 0 heteroatoms. The predicted octanol–water partition coefficient (Wildman–Crippen LogP) is 5.75. The van der Waals surface area contributed by atoms with Crippen molar-refractivity contribution in [3.8, 4) is 0 Å². The smallest absolute Gasteiger partial charge is 0.0281 e. The molecule has 3 rings (SSSR count). The molecule has 0 nitrogen and oxygen atoms in total. The summed E-state index contributed by atoms with van der Waals surface area (Å²) in [5.41, 5.74) is 7.50. The molecule has 108 valence electrons. The Balaban J connectivity index is 2.07. The van der Waals surface area contributed by atoms with Crippen LogP contribution in [0.25, 0.3) is 6.08 Å². The third kappa shape index (κ3) is 2.68. The Morgan fingerprint density at radius 3 is 2.38 bits per heavy atom. The summed E-state index contributed by atoms with van der Waals surface area (Å²) in [6, 6.07) is 15.7. The van der Waals surface area contributed by atoms with Crippen molar-refractivity contribution < 1.29 is 0 Å². The fraction of sp³-hybridized carbons (Fsp3) is 0.333. The van der Waals surface area contributed by atoms with Crippen LogP contribution in [0.4, 0.5) is 0 Å². The lowest BCUT2D eigenvalue weighted by atomic mass is 9.85. The minimum absolute atomic E-state index is 0.444. The molecule has 21 heavy (non-hydrogen) atoms. The summed E-state index contributed by atoms with van der Waals surface area (Å²) < 4.78 is 0. The highest BCUT2D eigenvalue weighted by Gasteiger charge is 2.21. The van der Waals surface area contributed by atoms with E-state index in [-0.39, 0.29) is 0 Å². The van der Waals surface area contributed by atoms with E-state index in [1.165, 1.54) is 42.4 Å². The van der Waals surface area contributed by atoms with E-state index in [4.69, 9.17) is 0 Å². The summed E-state index contributed by atoms with van der Waals surface area (Å²) in [6.45, 7) is 4.55. The molecule has 1 atom stereocenters. The van der Waals surface area contributed by atoms with Gasteiger partial charge in [0, 0.05) is 5.92 Å². The predicted molar refractivity (Wildman–Crippen MR) is 91.8 cm³/mol. The van der Waals surface area contributed by atoms with Crippen LogP contribution in [0.1, 0.15) is 60.4 Å². The fourth-order valence-corrected chi connectivity index (χ4v) is 3.53. The molecule has 0 spiro atoms. The average Bonchev–Trinajstić information content (AvgIpc) is 2.93. The number of hydrogen-bond donors (Lipinski definition) is 0. The van der Waals surface area contributed by atoms with Crippen LogP contribution in [-0.4, -0.2) is 0 Å². The molecule has 0 amide bonds. The normalized spacial score (nSPS) is 16.2. The lowest BCUT2D eigenvalue weighted by molar-refractivity contribution is 0.838. The molecule has 1 aliphatic carbocycles. The minimum Gasteiger partial charge on any atom is -0.0720 e. The topological polar surface area (TPSA) is 0 Å². The summed E-state index contributed by atoms with van der Waals surface area (Å²) in [7, 11) is 0. The highest BCUT2D eigenvalue weighted by molar-refractivity contribution is 5.66. The Hall–Kier alpha value is -1.82. The van der Waals surface area contributed by atoms with Crippen molar-refractivity contribution in [3.63, 3.8) is 0 Å². The molecule has 0 saturated heterocycles. The van der Waals surface area contributed by atoms with Gasteiger partial charge in [-0.15, -0.1) is 0 Å². The van der Waals surface area contributed by atoms with E-state index in [0.717, 1.165) is 0 Å². The lowest BCUT2D eigenvalue weighted by Gasteiger charge is -2.19. The Bertz CT molecular complexity index is 649. The quantitative estimate of drug-likeness (QED) is 0.652. The van der Waals surface area contributed by atoms with Gasteiger partial charge in [0.15, 0.2) is 0 Å². The summed E-state index contributed by atoms with van der Waals surface area (Å²) in [4.78, 5) is 0. The van der Waals surface area contributed by atoms with E-state index >= 15 is 0 Å². The fourth-order valence-electron chi connectivity index (χ4n) is 3.53. The molecule has 0 aliphatic heterocycles. The Kier molecular flexibility index (Phi) is 4.24. The van der Waals surface area contributed by atoms with Gasteiger partial charge in [0.1, 0.15) is 0 Å². The van der Waals surface area contributed by atoms with Gasteiger partial charge in [-0.2, -0.15) is 0 Å². The second kappa shape index (κ2) is 6.30. The molecule has 0 fully saturated rings. The molecule has 0 bridgehead atoms. The van der Waals surface area contributed by atoms with Crippen LogP contribution in [0.3, 0.4) is 0 Å². The summed E-state index contributed by atoms with van der Waals surface area (Å²) in [6.07, 6.45) is 9.47. The van der Waals surface area contributed by atoms with Gasteiger partial charge >= 0.3 is 0 Å². The van der Waals surface area contributed by atoms with Crippen molar-refractivity contribution in [2.75, 3.05) is 0 Å². The zero-order valence-corrected chi connectivity index (χ0v) is 13.1. The molecule has 0 heterocycles. The third-order valence-electron chi connectivity index (χ3n) is 4.46. The largest absolute Gasteiger partial charge is 0.0720 e. The van der Waals surface area contributed by atoms with Gasteiger partial charge in [-0.3, -0.25) is 0 Å². The molecule has 0 aromatic heterocycles. The van der Waals surface area contributed by atoms with E-state index in [1.807, 2.05) is 0 Å². The van der Waals surface area contributed by atoms with Gasteiger partial charge < -0.3 is 0 Å². The first-order valence-corrected chi connectivity index (χ1v) is 8.23. The van der Waals surface area contributed by atoms with E-state index in [1.54, 1.807) is 11.1 Å². The number of allylic oxidation sites excluding steroid dienone is 1. The first-order valence-electron chi connectivity index (χ1n) is 8.23. The third-order valence-corrected chi connectivity index (χ3v) is 4.46. The van der Waals surface area contributed by atoms with Crippen LogP contribution in [0.15, 0.2) is 48.5 Å². The standard InChI is InChI=1S/C21H24/c1-3-8-16-11-7-13-20(18(16)9-4-2)21-15-14-17-10-5-6-12-19(17)21/h5-7,10-15,21H,3-4,8-9H2,1-2H3. The van der Waals surface area contributed by atoms with Gasteiger partial charge in [-0.1, -0.05) is 81.3 Å². The van der Waals surface area contributed by atoms with Crippen LogP contribution < -0.4 is 0 Å². The lowest BCUT2D eigenvalue weighted by Crippen LogP contribution is -2.05. The average molecular weight is 276 g/mol. The van der Waals surface area contributed by atoms with Crippen LogP contribution >= 0.6 is 0 Å². The molecule has 1 aliphatic rings. The first-order chi connectivity index (χ1) is 10.3. The first kappa shape index (κ1) is 14.1. The molecule has 0 saturated carbocycles. The number of benzene rings is 2. The van der Waals surface area contributed by atoms with Gasteiger partial charge in [-0.25, -0.2) is 0 Å². The van der Waals surface area contributed by atoms with Gasteiger partial charge in [-0.05, 0) is 40.7 Å². The van der Waals surface area contributed by atoms with E-state index < -0.39 is 0 Å². The number of fused-ring (bicyclic) bond motifs is 1. The SMILES string of the molecule is CCCc1cccc(C2C=Cc3ccccc32)c1CCC. The Morgan fingerprint density at radius 1 is 0.810 bits per heavy atom. The zero-order chi connectivity index (χ0) is 14.7. The van der Waals surface area contributed by atoms with Crippen molar-refractivity contribution in [1.29, 1.82) is 0 Å². The molecule has 2 aromatic rings. The van der Waals surface area contributed by atoms with E-state index in [9.17, 15) is 0 Å². The number of hydrogen-bond acceptors (Lipinski definition) is 0. The highest BCUT2D eigenvalue weighted by Crippen LogP contribution is 2.38. The van der Waals surface area contributed by atoms with Crippen LogP contribution in [0.5, 0.6) is 0 Å². The maximum absolute atomic E-state index is 2.37. The van der Waals surface area contributed by atoms with Crippen LogP contribution in [0.2, 0.25) is 0 Å². The van der Waals surface area contributed by atoms with Crippen molar-refractivity contribution >= 4 is 6.08 Å². The summed E-state index contributed by atoms with van der Waals surface area (Å²) >= 11 is 0. The summed E-state index contributed by atoms with van der Waals surface area (Å²) in [5, 5.41) is 0. The zero-order valence-electron chi connectivity index (χ0n) is 13.1. The van der Waals surface area contributed by atoms with Gasteiger partial charge in [0.25, 0.3) is 0 Å². The molecule has 0 N–H and O–H groups in total. The molecule has 2 aromatic carbocycles. The van der Waals surface area contributed by atoms with Crippen molar-refractivity contribution in [2.24, 2.45) is 0 Å². The Labute approximate surface area is 128 Å². The molecule has 0 radical (unpaired) electrons. The monoisotopic (exact) mass is 276 g/mol. The van der Waals surface area contributed by atoms with Crippen LogP contribution in [0, 0.1) is 0 Å². The highest BCUT2D eigenvalue weighted by atomic mass is 14.3.